The third-order valence-electron chi connectivity index (χ3n) is 6.06. The Morgan fingerprint density at radius 3 is 2.77 bits per heavy atom. The molecule has 9 nitrogen and oxygen atoms in total. The number of nitrogens with zero attached hydrogens (tertiary/aromatic N) is 6. The van der Waals surface area contributed by atoms with Crippen molar-refractivity contribution in [1.29, 1.82) is 0 Å². The van der Waals surface area contributed by atoms with Gasteiger partial charge in [-0.1, -0.05) is 12.1 Å². The average molecular weight is 422 g/mol. The monoisotopic (exact) mass is 422 g/mol. The Morgan fingerprint density at radius 1 is 1.19 bits per heavy atom. The fraction of sp³-hybridized carbons (Fsp3) is 0.500. The van der Waals surface area contributed by atoms with E-state index in [2.05, 4.69) is 15.1 Å². The predicted octanol–water partition coefficient (Wildman–Crippen LogP) is 1.99. The van der Waals surface area contributed by atoms with Crippen molar-refractivity contribution in [3.8, 4) is 0 Å². The summed E-state index contributed by atoms with van der Waals surface area (Å²) in [7, 11) is 1.62. The molecule has 1 saturated heterocycles. The molecule has 1 aliphatic carbocycles. The highest BCUT2D eigenvalue weighted by Crippen LogP contribution is 2.37. The molecular weight excluding hydrogens is 396 g/mol. The SMILES string of the molecule is COCCn1nc(C2CCCN(C(=O)c3cnc4ccccc4n3)C2)n(C2CC2)c1=O. The van der Waals surface area contributed by atoms with Gasteiger partial charge in [0.25, 0.3) is 5.91 Å². The summed E-state index contributed by atoms with van der Waals surface area (Å²) in [5, 5.41) is 4.66. The summed E-state index contributed by atoms with van der Waals surface area (Å²) in [6.45, 7) is 2.07. The normalized spacial score (nSPS) is 19.1. The van der Waals surface area contributed by atoms with Gasteiger partial charge < -0.3 is 9.64 Å². The zero-order chi connectivity index (χ0) is 21.4. The van der Waals surface area contributed by atoms with E-state index in [1.54, 1.807) is 13.3 Å². The average Bonchev–Trinajstić information content (AvgIpc) is 3.60. The van der Waals surface area contributed by atoms with Crippen LogP contribution in [0.5, 0.6) is 0 Å². The number of likely N-dealkylation sites (tertiary alicyclic amines) is 1. The number of para-hydroxylation sites is 2. The second-order valence-electron chi connectivity index (χ2n) is 8.29. The van der Waals surface area contributed by atoms with Crippen molar-refractivity contribution >= 4 is 16.9 Å². The van der Waals surface area contributed by atoms with Crippen LogP contribution >= 0.6 is 0 Å². The van der Waals surface area contributed by atoms with Gasteiger partial charge in [0.1, 0.15) is 11.5 Å². The van der Waals surface area contributed by atoms with Crippen LogP contribution in [0.1, 0.15) is 54.0 Å². The number of aromatic nitrogens is 5. The molecule has 162 valence electrons. The zero-order valence-electron chi connectivity index (χ0n) is 17.6. The van der Waals surface area contributed by atoms with Gasteiger partial charge in [-0.25, -0.2) is 14.5 Å². The molecule has 1 amide bonds. The van der Waals surface area contributed by atoms with Crippen LogP contribution in [-0.4, -0.2) is 61.9 Å². The van der Waals surface area contributed by atoms with E-state index in [0.29, 0.717) is 37.5 Å². The molecule has 1 atom stereocenters. The topological polar surface area (TPSA) is 95.1 Å². The number of rotatable bonds is 6. The number of fused-ring (bicyclic) bond motifs is 1. The Balaban J connectivity index is 1.40. The highest BCUT2D eigenvalue weighted by atomic mass is 16.5. The van der Waals surface area contributed by atoms with E-state index in [0.717, 1.165) is 37.0 Å². The quantitative estimate of drug-likeness (QED) is 0.603. The molecule has 2 fully saturated rings. The summed E-state index contributed by atoms with van der Waals surface area (Å²) in [5.41, 5.74) is 1.76. The van der Waals surface area contributed by atoms with Crippen LogP contribution in [0.4, 0.5) is 0 Å². The number of piperidine rings is 1. The van der Waals surface area contributed by atoms with Gasteiger partial charge in [0.2, 0.25) is 0 Å². The van der Waals surface area contributed by atoms with E-state index >= 15 is 0 Å². The molecule has 0 bridgehead atoms. The number of hydrogen-bond donors (Lipinski definition) is 0. The van der Waals surface area contributed by atoms with Gasteiger partial charge in [0, 0.05) is 32.2 Å². The lowest BCUT2D eigenvalue weighted by molar-refractivity contribution is 0.0697. The molecule has 1 aliphatic heterocycles. The predicted molar refractivity (Wildman–Crippen MR) is 114 cm³/mol. The first-order valence-electron chi connectivity index (χ1n) is 10.8. The molecule has 2 aromatic heterocycles. The lowest BCUT2D eigenvalue weighted by Gasteiger charge is -2.32. The maximum absolute atomic E-state index is 13.2. The standard InChI is InChI=1S/C22H26N6O3/c1-31-12-11-27-22(30)28(16-8-9-16)20(25-27)15-5-4-10-26(14-15)21(29)19-13-23-17-6-2-3-7-18(17)24-19/h2-3,6-7,13,15-16H,4-5,8-12,14H2,1H3. The van der Waals surface area contributed by atoms with Crippen LogP contribution in [0.2, 0.25) is 0 Å². The fourth-order valence-corrected chi connectivity index (χ4v) is 4.31. The summed E-state index contributed by atoms with van der Waals surface area (Å²) >= 11 is 0. The van der Waals surface area contributed by atoms with Crippen molar-refractivity contribution in [2.75, 3.05) is 26.8 Å². The number of methoxy groups -OCH3 is 1. The molecule has 5 rings (SSSR count). The molecule has 31 heavy (non-hydrogen) atoms. The van der Waals surface area contributed by atoms with Crippen molar-refractivity contribution in [2.45, 2.75) is 44.2 Å². The van der Waals surface area contributed by atoms with Crippen molar-refractivity contribution in [2.24, 2.45) is 0 Å². The third kappa shape index (κ3) is 3.85. The van der Waals surface area contributed by atoms with Crippen LogP contribution in [0.3, 0.4) is 0 Å². The molecule has 9 heteroatoms. The summed E-state index contributed by atoms with van der Waals surface area (Å²) in [5.74, 6) is 0.705. The van der Waals surface area contributed by atoms with Gasteiger partial charge in [0.05, 0.1) is 30.4 Å². The molecule has 1 aromatic carbocycles. The van der Waals surface area contributed by atoms with Crippen molar-refractivity contribution in [3.05, 3.63) is 52.5 Å². The molecule has 3 aromatic rings. The number of hydrogen-bond acceptors (Lipinski definition) is 6. The minimum absolute atomic E-state index is 0.0308. The van der Waals surface area contributed by atoms with Crippen LogP contribution < -0.4 is 5.69 Å². The van der Waals surface area contributed by atoms with Gasteiger partial charge >= 0.3 is 5.69 Å². The molecule has 3 heterocycles. The number of carbonyl (C=O) groups excluding carboxylic acids is 1. The van der Waals surface area contributed by atoms with Gasteiger partial charge in [0.15, 0.2) is 0 Å². The molecule has 2 aliphatic rings. The highest BCUT2D eigenvalue weighted by molar-refractivity contribution is 5.93. The Hall–Kier alpha value is -3.07. The van der Waals surface area contributed by atoms with E-state index < -0.39 is 0 Å². The summed E-state index contributed by atoms with van der Waals surface area (Å²) in [4.78, 5) is 36.8. The van der Waals surface area contributed by atoms with Crippen LogP contribution in [0.25, 0.3) is 11.0 Å². The number of ether oxygens (including phenoxy) is 1. The number of amides is 1. The second kappa shape index (κ2) is 8.22. The van der Waals surface area contributed by atoms with Crippen molar-refractivity contribution in [1.82, 2.24) is 29.2 Å². The van der Waals surface area contributed by atoms with Crippen molar-refractivity contribution < 1.29 is 9.53 Å². The lowest BCUT2D eigenvalue weighted by Crippen LogP contribution is -2.40. The molecule has 0 N–H and O–H groups in total. The first-order valence-corrected chi connectivity index (χ1v) is 10.8. The van der Waals surface area contributed by atoms with Crippen molar-refractivity contribution in [3.63, 3.8) is 0 Å². The van der Waals surface area contributed by atoms with Gasteiger partial charge in [-0.3, -0.25) is 14.3 Å². The van der Waals surface area contributed by atoms with E-state index in [4.69, 9.17) is 4.74 Å². The first-order chi connectivity index (χ1) is 15.2. The van der Waals surface area contributed by atoms with Crippen LogP contribution in [0, 0.1) is 0 Å². The second-order valence-corrected chi connectivity index (χ2v) is 8.29. The molecule has 0 radical (unpaired) electrons. The van der Waals surface area contributed by atoms with Crippen LogP contribution in [-0.2, 0) is 11.3 Å². The van der Waals surface area contributed by atoms with Crippen LogP contribution in [0.15, 0.2) is 35.3 Å². The van der Waals surface area contributed by atoms with E-state index in [9.17, 15) is 9.59 Å². The Labute approximate surface area is 179 Å². The largest absolute Gasteiger partial charge is 0.383 e. The summed E-state index contributed by atoms with van der Waals surface area (Å²) in [6, 6.07) is 7.76. The molecule has 0 spiro atoms. The van der Waals surface area contributed by atoms with E-state index in [1.165, 1.54) is 4.68 Å². The third-order valence-corrected chi connectivity index (χ3v) is 6.06. The summed E-state index contributed by atoms with van der Waals surface area (Å²) in [6.07, 6.45) is 5.32. The van der Waals surface area contributed by atoms with E-state index in [-0.39, 0.29) is 23.6 Å². The molecule has 1 saturated carbocycles. The number of benzene rings is 1. The van der Waals surface area contributed by atoms with Gasteiger partial charge in [-0.15, -0.1) is 0 Å². The highest BCUT2D eigenvalue weighted by Gasteiger charge is 2.35. The van der Waals surface area contributed by atoms with E-state index in [1.807, 2.05) is 33.7 Å². The maximum atomic E-state index is 13.2. The Bertz CT molecular complexity index is 1170. The Morgan fingerprint density at radius 2 is 2.00 bits per heavy atom. The minimum Gasteiger partial charge on any atom is -0.383 e. The summed E-state index contributed by atoms with van der Waals surface area (Å²) < 4.78 is 8.48. The first kappa shape index (κ1) is 19.9. The maximum Gasteiger partial charge on any atom is 0.346 e. The van der Waals surface area contributed by atoms with Gasteiger partial charge in [-0.2, -0.15) is 5.10 Å². The minimum atomic E-state index is -0.123. The Kier molecular flexibility index (Phi) is 5.27. The molecular formula is C22H26N6O3. The fourth-order valence-electron chi connectivity index (χ4n) is 4.31. The zero-order valence-corrected chi connectivity index (χ0v) is 17.6. The molecule has 1 unspecified atom stereocenters. The van der Waals surface area contributed by atoms with Gasteiger partial charge in [-0.05, 0) is 37.8 Å². The lowest BCUT2D eigenvalue weighted by atomic mass is 9.96. The smallest absolute Gasteiger partial charge is 0.346 e. The number of carbonyl (C=O) groups is 1.